The summed E-state index contributed by atoms with van der Waals surface area (Å²) in [5, 5.41) is 10.4. The van der Waals surface area contributed by atoms with E-state index < -0.39 is 0 Å². The van der Waals surface area contributed by atoms with Gasteiger partial charge in [0.25, 0.3) is 0 Å². The van der Waals surface area contributed by atoms with Crippen molar-refractivity contribution in [3.05, 3.63) is 24.5 Å². The molecule has 66 valence electrons. The molecule has 0 saturated carbocycles. The van der Waals surface area contributed by atoms with Crippen molar-refractivity contribution in [3.8, 4) is 11.5 Å². The minimum atomic E-state index is 0.409. The number of anilines is 1. The molecule has 0 aliphatic rings. The van der Waals surface area contributed by atoms with Crippen molar-refractivity contribution < 1.29 is 4.42 Å². The van der Waals surface area contributed by atoms with E-state index in [0.29, 0.717) is 11.9 Å². The summed E-state index contributed by atoms with van der Waals surface area (Å²) in [7, 11) is 1.73. The van der Waals surface area contributed by atoms with E-state index in [2.05, 4.69) is 20.5 Å². The van der Waals surface area contributed by atoms with E-state index in [1.54, 1.807) is 19.4 Å². The summed E-state index contributed by atoms with van der Waals surface area (Å²) < 4.78 is 5.26. The van der Waals surface area contributed by atoms with Gasteiger partial charge < -0.3 is 9.73 Å². The molecule has 1 N–H and O–H groups in total. The van der Waals surface area contributed by atoms with Crippen LogP contribution in [0.1, 0.15) is 0 Å². The van der Waals surface area contributed by atoms with Crippen LogP contribution in [-0.4, -0.2) is 22.2 Å². The highest BCUT2D eigenvalue weighted by atomic mass is 16.4. The predicted octanol–water partition coefficient (Wildman–Crippen LogP) is 1.17. The second-order valence-corrected chi connectivity index (χ2v) is 2.40. The quantitative estimate of drug-likeness (QED) is 0.744. The molecule has 13 heavy (non-hydrogen) atoms. The second kappa shape index (κ2) is 3.22. The summed E-state index contributed by atoms with van der Waals surface area (Å²) in [5.41, 5.74) is 0.865. The van der Waals surface area contributed by atoms with E-state index in [9.17, 15) is 0 Å². The molecule has 0 spiro atoms. The summed E-state index contributed by atoms with van der Waals surface area (Å²) in [5.74, 6) is 0.492. The van der Waals surface area contributed by atoms with Crippen molar-refractivity contribution in [3.63, 3.8) is 0 Å². The van der Waals surface area contributed by atoms with Gasteiger partial charge in [-0.3, -0.25) is 4.98 Å². The van der Waals surface area contributed by atoms with E-state index in [4.69, 9.17) is 4.42 Å². The Morgan fingerprint density at radius 3 is 2.62 bits per heavy atom. The molecule has 0 bridgehead atoms. The van der Waals surface area contributed by atoms with Crippen LogP contribution in [0.4, 0.5) is 6.01 Å². The lowest BCUT2D eigenvalue weighted by atomic mass is 10.3. The predicted molar refractivity (Wildman–Crippen MR) is 47.1 cm³/mol. The van der Waals surface area contributed by atoms with Crippen molar-refractivity contribution in [2.75, 3.05) is 12.4 Å². The maximum absolute atomic E-state index is 5.26. The Balaban J connectivity index is 2.36. The smallest absolute Gasteiger partial charge is 0.315 e. The molecule has 0 atom stereocenters. The zero-order chi connectivity index (χ0) is 9.10. The van der Waals surface area contributed by atoms with Crippen molar-refractivity contribution in [1.29, 1.82) is 0 Å². The average molecular weight is 176 g/mol. The first-order valence-electron chi connectivity index (χ1n) is 3.82. The number of nitrogens with zero attached hydrogens (tertiary/aromatic N) is 3. The average Bonchev–Trinajstić information content (AvgIpc) is 2.67. The highest BCUT2D eigenvalue weighted by molar-refractivity contribution is 5.51. The maximum Gasteiger partial charge on any atom is 0.315 e. The molecule has 0 radical (unpaired) electrons. The molecule has 2 heterocycles. The Kier molecular flexibility index (Phi) is 1.91. The van der Waals surface area contributed by atoms with E-state index in [1.807, 2.05) is 12.1 Å². The number of aromatic nitrogens is 3. The van der Waals surface area contributed by atoms with E-state index in [1.165, 1.54) is 0 Å². The number of hydrogen-bond donors (Lipinski definition) is 1. The summed E-state index contributed by atoms with van der Waals surface area (Å²) in [6.45, 7) is 0. The monoisotopic (exact) mass is 176 g/mol. The minimum Gasteiger partial charge on any atom is -0.403 e. The Bertz CT molecular complexity index is 384. The number of hydrogen-bond acceptors (Lipinski definition) is 5. The van der Waals surface area contributed by atoms with Gasteiger partial charge >= 0.3 is 6.01 Å². The Labute approximate surface area is 74.8 Å². The largest absolute Gasteiger partial charge is 0.403 e. The van der Waals surface area contributed by atoms with Crippen molar-refractivity contribution in [2.24, 2.45) is 0 Å². The van der Waals surface area contributed by atoms with Crippen LogP contribution in [0.25, 0.3) is 11.5 Å². The van der Waals surface area contributed by atoms with Gasteiger partial charge in [0.1, 0.15) is 0 Å². The topological polar surface area (TPSA) is 63.8 Å². The van der Waals surface area contributed by atoms with Gasteiger partial charge in [-0.15, -0.1) is 5.10 Å². The molecule has 0 unspecified atom stereocenters. The van der Waals surface area contributed by atoms with Crippen LogP contribution in [0, 0.1) is 0 Å². The van der Waals surface area contributed by atoms with E-state index in [-0.39, 0.29) is 0 Å². The molecule has 5 heteroatoms. The molecule has 2 aromatic rings. The zero-order valence-corrected chi connectivity index (χ0v) is 7.06. The molecule has 0 aliphatic heterocycles. The van der Waals surface area contributed by atoms with Gasteiger partial charge in [0.15, 0.2) is 0 Å². The first-order valence-corrected chi connectivity index (χ1v) is 3.82. The van der Waals surface area contributed by atoms with Crippen LogP contribution in [0.5, 0.6) is 0 Å². The highest BCUT2D eigenvalue weighted by Crippen LogP contribution is 2.17. The molecule has 0 aliphatic carbocycles. The van der Waals surface area contributed by atoms with Crippen molar-refractivity contribution in [2.45, 2.75) is 0 Å². The van der Waals surface area contributed by atoms with Crippen LogP contribution >= 0.6 is 0 Å². The fourth-order valence-corrected chi connectivity index (χ4v) is 0.935. The van der Waals surface area contributed by atoms with Gasteiger partial charge in [-0.25, -0.2) is 0 Å². The first-order chi connectivity index (χ1) is 6.40. The lowest BCUT2D eigenvalue weighted by Gasteiger charge is -1.91. The second-order valence-electron chi connectivity index (χ2n) is 2.40. The molecule has 0 saturated heterocycles. The summed E-state index contributed by atoms with van der Waals surface area (Å²) in [4.78, 5) is 3.89. The van der Waals surface area contributed by atoms with Gasteiger partial charge in [0, 0.05) is 25.0 Å². The normalized spacial score (nSPS) is 9.92. The summed E-state index contributed by atoms with van der Waals surface area (Å²) in [6, 6.07) is 4.03. The molecular weight excluding hydrogens is 168 g/mol. The van der Waals surface area contributed by atoms with Gasteiger partial charge in [0.05, 0.1) is 0 Å². The number of nitrogens with one attached hydrogen (secondary N) is 1. The lowest BCUT2D eigenvalue weighted by Crippen LogP contribution is -1.85. The number of pyridine rings is 1. The fourth-order valence-electron chi connectivity index (χ4n) is 0.935. The molecule has 0 fully saturated rings. The minimum absolute atomic E-state index is 0.409. The van der Waals surface area contributed by atoms with Gasteiger partial charge in [-0.05, 0) is 12.1 Å². The SMILES string of the molecule is CNc1nnc(-c2ccncc2)o1. The van der Waals surface area contributed by atoms with Gasteiger partial charge in [0.2, 0.25) is 5.89 Å². The molecule has 5 nitrogen and oxygen atoms in total. The van der Waals surface area contributed by atoms with Crippen LogP contribution in [0.3, 0.4) is 0 Å². The molecule has 2 rings (SSSR count). The lowest BCUT2D eigenvalue weighted by molar-refractivity contribution is 0.585. The summed E-state index contributed by atoms with van der Waals surface area (Å²) in [6.07, 6.45) is 3.36. The van der Waals surface area contributed by atoms with Crippen LogP contribution < -0.4 is 5.32 Å². The van der Waals surface area contributed by atoms with Crippen LogP contribution in [0.15, 0.2) is 28.9 Å². The third-order valence-electron chi connectivity index (χ3n) is 1.57. The Morgan fingerprint density at radius 1 is 1.23 bits per heavy atom. The van der Waals surface area contributed by atoms with Gasteiger partial charge in [-0.1, -0.05) is 5.10 Å². The molecule has 0 aromatic carbocycles. The van der Waals surface area contributed by atoms with Gasteiger partial charge in [-0.2, -0.15) is 0 Å². The highest BCUT2D eigenvalue weighted by Gasteiger charge is 2.05. The first kappa shape index (κ1) is 7.72. The Morgan fingerprint density at radius 2 is 2.00 bits per heavy atom. The van der Waals surface area contributed by atoms with Crippen LogP contribution in [-0.2, 0) is 0 Å². The maximum atomic E-state index is 5.26. The van der Waals surface area contributed by atoms with E-state index in [0.717, 1.165) is 5.56 Å². The number of rotatable bonds is 2. The van der Waals surface area contributed by atoms with E-state index >= 15 is 0 Å². The standard InChI is InChI=1S/C8H8N4O/c1-9-8-12-11-7(13-8)6-2-4-10-5-3-6/h2-5H,1H3,(H,9,12). The fraction of sp³-hybridized carbons (Fsp3) is 0.125. The zero-order valence-electron chi connectivity index (χ0n) is 7.06. The van der Waals surface area contributed by atoms with Crippen molar-refractivity contribution in [1.82, 2.24) is 15.2 Å². The molecular formula is C8H8N4O. The summed E-state index contributed by atoms with van der Waals surface area (Å²) >= 11 is 0. The third kappa shape index (κ3) is 1.48. The molecule has 2 aromatic heterocycles. The Hall–Kier alpha value is -1.91. The van der Waals surface area contributed by atoms with Crippen molar-refractivity contribution >= 4 is 6.01 Å². The molecule has 0 amide bonds. The van der Waals surface area contributed by atoms with Crippen LogP contribution in [0.2, 0.25) is 0 Å². The third-order valence-corrected chi connectivity index (χ3v) is 1.57.